The Morgan fingerprint density at radius 3 is 2.28 bits per heavy atom. The van der Waals surface area contributed by atoms with Crippen LogP contribution >= 0.6 is 90.4 Å². The molecule has 0 aromatic heterocycles. The van der Waals surface area contributed by atoms with Gasteiger partial charge in [0.2, 0.25) is 0 Å². The molecule has 1 nitrogen and oxygen atoms in total. The number of hydrogen-bond acceptors (Lipinski definition) is 1. The molecule has 202 valence electrons. The normalized spacial score (nSPS) is 27.1. The third kappa shape index (κ3) is 7.98. The Bertz CT molecular complexity index is 977. The molecule has 2 atom stereocenters. The van der Waals surface area contributed by atoms with Crippen LogP contribution in [0, 0.1) is 16.7 Å². The average Bonchev–Trinajstić information content (AvgIpc) is 3.58. The Morgan fingerprint density at radius 1 is 1.06 bits per heavy atom. The van der Waals surface area contributed by atoms with E-state index in [1.165, 1.54) is 64.5 Å². The van der Waals surface area contributed by atoms with E-state index < -0.39 is 0 Å². The fraction of sp³-hybridized carbons (Fsp3) is 0.742. The van der Waals surface area contributed by atoms with Gasteiger partial charge >= 0.3 is 0 Å². The third-order valence-corrected chi connectivity index (χ3v) is 12.3. The van der Waals surface area contributed by atoms with Crippen LogP contribution in [0.1, 0.15) is 115 Å². The van der Waals surface area contributed by atoms with Gasteiger partial charge in [0.1, 0.15) is -0.565 Å². The zero-order chi connectivity index (χ0) is 26.5. The molecule has 5 heteroatoms. The fourth-order valence-electron chi connectivity index (χ4n) is 6.52. The van der Waals surface area contributed by atoms with Crippen molar-refractivity contribution in [2.24, 2.45) is 16.7 Å². The van der Waals surface area contributed by atoms with Gasteiger partial charge in [0, 0.05) is 23.1 Å². The molecule has 1 aromatic carbocycles. The summed E-state index contributed by atoms with van der Waals surface area (Å²) >= 11 is 10.5. The Morgan fingerprint density at radius 2 is 1.72 bits per heavy atom. The Labute approximate surface area is 276 Å². The second-order valence-electron chi connectivity index (χ2n) is 13.6. The van der Waals surface area contributed by atoms with Gasteiger partial charge in [-0.15, -0.1) is 0 Å². The summed E-state index contributed by atoms with van der Waals surface area (Å²) in [6.07, 6.45) is 12.8. The van der Waals surface area contributed by atoms with Crippen LogP contribution < -0.4 is 0 Å². The monoisotopic (exact) mass is 939 g/mol. The van der Waals surface area contributed by atoms with Gasteiger partial charge in [-0.25, -0.2) is 0 Å². The van der Waals surface area contributed by atoms with Crippen molar-refractivity contribution in [3.63, 3.8) is 0 Å². The SMILES string of the molecule is CCC(C)(C)CC1(C)CN(Cc2cc(C3CC3)c(C3=CCC(C)(I)C(C)C3)cc2CCC(I)(I)I)C1. The predicted molar refractivity (Wildman–Crippen MR) is 192 cm³/mol. The van der Waals surface area contributed by atoms with Gasteiger partial charge in [-0.1, -0.05) is 150 Å². The van der Waals surface area contributed by atoms with Gasteiger partial charge < -0.3 is 0 Å². The van der Waals surface area contributed by atoms with E-state index in [9.17, 15) is 0 Å². The lowest BCUT2D eigenvalue weighted by molar-refractivity contribution is -0.0240. The maximum absolute atomic E-state index is 2.73. The van der Waals surface area contributed by atoms with Crippen LogP contribution in [0.15, 0.2) is 18.2 Å². The molecule has 4 rings (SSSR count). The number of benzene rings is 1. The molecule has 1 aliphatic heterocycles. The minimum Gasteiger partial charge on any atom is -0.298 e. The van der Waals surface area contributed by atoms with Crippen LogP contribution in [0.5, 0.6) is 0 Å². The average molecular weight is 939 g/mol. The van der Waals surface area contributed by atoms with Crippen LogP contribution in [-0.4, -0.2) is 20.8 Å². The Kier molecular flexibility index (Phi) is 9.93. The fourth-order valence-corrected chi connectivity index (χ4v) is 7.77. The molecular weight excluding hydrogens is 894 g/mol. The molecular formula is C31H45I4N. The van der Waals surface area contributed by atoms with Crippen LogP contribution in [0.2, 0.25) is 0 Å². The molecule has 0 bridgehead atoms. The Hall–Kier alpha value is 1.84. The van der Waals surface area contributed by atoms with E-state index in [4.69, 9.17) is 0 Å². The zero-order valence-electron chi connectivity index (χ0n) is 23.1. The molecule has 2 fully saturated rings. The number of hydrogen-bond donors (Lipinski definition) is 0. The molecule has 0 amide bonds. The summed E-state index contributed by atoms with van der Waals surface area (Å²) < 4.78 is 0.673. The van der Waals surface area contributed by atoms with E-state index in [0.29, 0.717) is 14.3 Å². The first kappa shape index (κ1) is 30.8. The van der Waals surface area contributed by atoms with Crippen molar-refractivity contribution in [3.05, 3.63) is 40.5 Å². The highest BCUT2D eigenvalue weighted by molar-refractivity contribution is 14.3. The highest BCUT2D eigenvalue weighted by atomic mass is 127. The standard InChI is InChI=1S/C31H45I4N/c1-7-28(3,4)18-29(5)19-36(20-29)17-25-16-26(22-8-9-22)27(15-23(25)11-13-31(33,34)35)24-10-12-30(6,32)21(2)14-24/h10,15-16,21-22H,7-9,11-14,17-20H2,1-6H3. The lowest BCUT2D eigenvalue weighted by atomic mass is 9.68. The smallest absolute Gasteiger partial charge is 0.124 e. The van der Waals surface area contributed by atoms with Gasteiger partial charge in [-0.3, -0.25) is 4.90 Å². The van der Waals surface area contributed by atoms with E-state index in [2.05, 4.69) is 155 Å². The zero-order valence-corrected chi connectivity index (χ0v) is 31.8. The number of aryl methyl sites for hydroxylation is 1. The summed E-state index contributed by atoms with van der Waals surface area (Å²) in [5.74, 6) is 1.52. The Balaban J connectivity index is 1.61. The molecule has 36 heavy (non-hydrogen) atoms. The number of allylic oxidation sites excluding steroid dienone is 2. The molecule has 1 heterocycles. The van der Waals surface area contributed by atoms with Crippen LogP contribution in [-0.2, 0) is 13.0 Å². The molecule has 3 aliphatic rings. The molecule has 1 aromatic rings. The molecule has 0 radical (unpaired) electrons. The summed E-state index contributed by atoms with van der Waals surface area (Å²) in [4.78, 5) is 2.73. The number of halogens is 4. The number of alkyl halides is 4. The maximum atomic E-state index is 2.73. The van der Waals surface area contributed by atoms with Gasteiger partial charge in [-0.05, 0) is 102 Å². The summed E-state index contributed by atoms with van der Waals surface area (Å²) in [5.41, 5.74) is 9.08. The van der Waals surface area contributed by atoms with Crippen LogP contribution in [0.25, 0.3) is 5.57 Å². The van der Waals surface area contributed by atoms with Gasteiger partial charge in [0.05, 0.1) is 0 Å². The highest BCUT2D eigenvalue weighted by Gasteiger charge is 2.42. The van der Waals surface area contributed by atoms with E-state index in [1.807, 2.05) is 0 Å². The summed E-state index contributed by atoms with van der Waals surface area (Å²) in [5, 5.41) is 0. The first-order chi connectivity index (χ1) is 16.6. The summed E-state index contributed by atoms with van der Waals surface area (Å²) in [7, 11) is 0. The summed E-state index contributed by atoms with van der Waals surface area (Å²) in [6.45, 7) is 18.3. The summed E-state index contributed by atoms with van der Waals surface area (Å²) in [6, 6.07) is 5.33. The predicted octanol–water partition coefficient (Wildman–Crippen LogP) is 11.1. The van der Waals surface area contributed by atoms with Crippen molar-refractivity contribution in [2.45, 2.75) is 108 Å². The number of likely N-dealkylation sites (tertiary alicyclic amines) is 1. The maximum Gasteiger partial charge on any atom is 0.124 e. The van der Waals surface area contributed by atoms with Crippen molar-refractivity contribution in [1.82, 2.24) is 4.90 Å². The molecule has 1 saturated heterocycles. The van der Waals surface area contributed by atoms with Gasteiger partial charge in [0.25, 0.3) is 0 Å². The highest BCUT2D eigenvalue weighted by Crippen LogP contribution is 2.50. The first-order valence-electron chi connectivity index (χ1n) is 13.9. The third-order valence-electron chi connectivity index (χ3n) is 9.18. The molecule has 2 aliphatic carbocycles. The van der Waals surface area contributed by atoms with Crippen molar-refractivity contribution in [2.75, 3.05) is 13.1 Å². The van der Waals surface area contributed by atoms with Gasteiger partial charge in [0.15, 0.2) is 0 Å². The largest absolute Gasteiger partial charge is 0.298 e. The lowest BCUT2D eigenvalue weighted by Gasteiger charge is -2.51. The van der Waals surface area contributed by atoms with Crippen LogP contribution in [0.4, 0.5) is 0 Å². The van der Waals surface area contributed by atoms with Crippen LogP contribution in [0.3, 0.4) is 0 Å². The van der Waals surface area contributed by atoms with Crippen molar-refractivity contribution >= 4 is 95.9 Å². The van der Waals surface area contributed by atoms with E-state index >= 15 is 0 Å². The molecule has 2 unspecified atom stereocenters. The minimum atomic E-state index is 0.280. The van der Waals surface area contributed by atoms with E-state index in [1.54, 1.807) is 27.8 Å². The number of rotatable bonds is 10. The van der Waals surface area contributed by atoms with Crippen molar-refractivity contribution in [1.29, 1.82) is 0 Å². The van der Waals surface area contributed by atoms with E-state index in [0.717, 1.165) is 18.4 Å². The second-order valence-corrected chi connectivity index (χ2v) is 27.7. The topological polar surface area (TPSA) is 3.24 Å². The quantitative estimate of drug-likeness (QED) is 0.167. The first-order valence-corrected chi connectivity index (χ1v) is 18.2. The lowest BCUT2D eigenvalue weighted by Crippen LogP contribution is -2.55. The molecule has 0 N–H and O–H groups in total. The van der Waals surface area contributed by atoms with Crippen molar-refractivity contribution in [3.8, 4) is 0 Å². The second kappa shape index (κ2) is 11.6. The minimum absolute atomic E-state index is 0.280. The number of nitrogens with zero attached hydrogens (tertiary/aromatic N) is 1. The van der Waals surface area contributed by atoms with Gasteiger partial charge in [-0.2, -0.15) is 0 Å². The molecule has 1 saturated carbocycles. The molecule has 0 spiro atoms. The van der Waals surface area contributed by atoms with Crippen molar-refractivity contribution < 1.29 is 0 Å². The van der Waals surface area contributed by atoms with E-state index in [-0.39, 0.29) is -0.565 Å².